The van der Waals surface area contributed by atoms with Crippen molar-refractivity contribution >= 4 is 17.6 Å². The number of ether oxygens (including phenoxy) is 1. The lowest BCUT2D eigenvalue weighted by atomic mass is 9.79. The highest BCUT2D eigenvalue weighted by molar-refractivity contribution is 6.30. The molecule has 1 fully saturated rings. The quantitative estimate of drug-likeness (QED) is 0.745. The van der Waals surface area contributed by atoms with Crippen LogP contribution in [0.4, 0.5) is 0 Å². The summed E-state index contributed by atoms with van der Waals surface area (Å²) < 4.78 is 10.8. The van der Waals surface area contributed by atoms with E-state index in [4.69, 9.17) is 20.9 Å². The lowest BCUT2D eigenvalue weighted by molar-refractivity contribution is -0.152. The Morgan fingerprint density at radius 1 is 1.24 bits per heavy atom. The minimum Gasteiger partial charge on any atom is -0.455 e. The van der Waals surface area contributed by atoms with Gasteiger partial charge >= 0.3 is 5.97 Å². The van der Waals surface area contributed by atoms with Crippen molar-refractivity contribution in [2.45, 2.75) is 63.9 Å². The van der Waals surface area contributed by atoms with Gasteiger partial charge in [-0.05, 0) is 30.5 Å². The van der Waals surface area contributed by atoms with E-state index in [0.29, 0.717) is 16.7 Å². The molecule has 1 aromatic carbocycles. The monoisotopic (exact) mass is 362 g/mol. The van der Waals surface area contributed by atoms with E-state index < -0.39 is 5.41 Å². The van der Waals surface area contributed by atoms with Gasteiger partial charge in [0.2, 0.25) is 0 Å². The standard InChI is InChI=1S/C19H23ClN2O3/c1-18(2,3)16-21-15(25-22-16)12-24-17(23)19(10-4-5-11-19)13-6-8-14(20)9-7-13/h6-9H,4-5,10-12H2,1-3H3. The van der Waals surface area contributed by atoms with E-state index >= 15 is 0 Å². The molecule has 1 aliphatic carbocycles. The van der Waals surface area contributed by atoms with Crippen LogP contribution in [0.3, 0.4) is 0 Å². The van der Waals surface area contributed by atoms with E-state index in [1.807, 2.05) is 45.0 Å². The van der Waals surface area contributed by atoms with Crippen molar-refractivity contribution < 1.29 is 14.1 Å². The molecule has 134 valence electrons. The number of hydrogen-bond acceptors (Lipinski definition) is 5. The number of esters is 1. The maximum absolute atomic E-state index is 12.9. The molecular weight excluding hydrogens is 340 g/mol. The van der Waals surface area contributed by atoms with Gasteiger partial charge < -0.3 is 9.26 Å². The van der Waals surface area contributed by atoms with E-state index in [2.05, 4.69) is 10.1 Å². The van der Waals surface area contributed by atoms with Gasteiger partial charge in [0.15, 0.2) is 12.4 Å². The summed E-state index contributed by atoms with van der Waals surface area (Å²) in [6, 6.07) is 7.47. The zero-order chi connectivity index (χ0) is 18.1. The smallest absolute Gasteiger partial charge is 0.317 e. The zero-order valence-corrected chi connectivity index (χ0v) is 15.6. The minimum atomic E-state index is -0.600. The Bertz CT molecular complexity index is 741. The Kier molecular flexibility index (Phi) is 4.87. The summed E-state index contributed by atoms with van der Waals surface area (Å²) in [6.45, 7) is 6.00. The van der Waals surface area contributed by atoms with Crippen molar-refractivity contribution in [1.29, 1.82) is 0 Å². The maximum atomic E-state index is 12.9. The molecule has 0 atom stereocenters. The van der Waals surface area contributed by atoms with Crippen molar-refractivity contribution in [2.24, 2.45) is 0 Å². The molecule has 1 heterocycles. The first-order valence-corrected chi connectivity index (χ1v) is 8.95. The lowest BCUT2D eigenvalue weighted by Crippen LogP contribution is -2.34. The molecule has 0 saturated heterocycles. The second-order valence-corrected chi connectivity index (χ2v) is 8.07. The Morgan fingerprint density at radius 2 is 1.88 bits per heavy atom. The molecule has 25 heavy (non-hydrogen) atoms. The van der Waals surface area contributed by atoms with Crippen LogP contribution in [0, 0.1) is 0 Å². The minimum absolute atomic E-state index is 0.00273. The molecule has 0 radical (unpaired) electrons. The molecule has 0 spiro atoms. The van der Waals surface area contributed by atoms with E-state index in [1.165, 1.54) is 0 Å². The van der Waals surface area contributed by atoms with E-state index in [0.717, 1.165) is 31.2 Å². The molecular formula is C19H23ClN2O3. The number of hydrogen-bond donors (Lipinski definition) is 0. The van der Waals surface area contributed by atoms with Gasteiger partial charge in [0.05, 0.1) is 5.41 Å². The summed E-state index contributed by atoms with van der Waals surface area (Å²) in [5, 5.41) is 4.61. The predicted molar refractivity (Wildman–Crippen MR) is 94.4 cm³/mol. The van der Waals surface area contributed by atoms with Crippen LogP contribution in [-0.2, 0) is 27.0 Å². The van der Waals surface area contributed by atoms with Crippen LogP contribution in [0.1, 0.15) is 63.7 Å². The Hall–Kier alpha value is -1.88. The van der Waals surface area contributed by atoms with Gasteiger partial charge in [0.25, 0.3) is 5.89 Å². The summed E-state index contributed by atoms with van der Waals surface area (Å²) in [4.78, 5) is 17.2. The second kappa shape index (κ2) is 6.79. The molecule has 5 nitrogen and oxygen atoms in total. The largest absolute Gasteiger partial charge is 0.455 e. The first-order chi connectivity index (χ1) is 11.8. The first-order valence-electron chi connectivity index (χ1n) is 8.58. The third-order valence-corrected chi connectivity index (χ3v) is 4.96. The van der Waals surface area contributed by atoms with Gasteiger partial charge in [0.1, 0.15) is 0 Å². The van der Waals surface area contributed by atoms with Crippen LogP contribution in [-0.4, -0.2) is 16.1 Å². The molecule has 0 unspecified atom stereocenters. The third-order valence-electron chi connectivity index (χ3n) is 4.71. The fourth-order valence-corrected chi connectivity index (χ4v) is 3.37. The zero-order valence-electron chi connectivity index (χ0n) is 14.8. The Labute approximate surface area is 152 Å². The Morgan fingerprint density at radius 3 is 2.44 bits per heavy atom. The molecule has 1 aromatic heterocycles. The van der Waals surface area contributed by atoms with Gasteiger partial charge in [-0.15, -0.1) is 0 Å². The molecule has 2 aromatic rings. The molecule has 0 bridgehead atoms. The molecule has 3 rings (SSSR count). The van der Waals surface area contributed by atoms with Crippen LogP contribution in [0.5, 0.6) is 0 Å². The lowest BCUT2D eigenvalue weighted by Gasteiger charge is -2.27. The molecule has 0 N–H and O–H groups in total. The average Bonchev–Trinajstić information content (AvgIpc) is 3.23. The SMILES string of the molecule is CC(C)(C)c1noc(COC(=O)C2(c3ccc(Cl)cc3)CCCC2)n1. The van der Waals surface area contributed by atoms with Gasteiger partial charge in [-0.25, -0.2) is 0 Å². The van der Waals surface area contributed by atoms with Crippen LogP contribution in [0.25, 0.3) is 0 Å². The highest BCUT2D eigenvalue weighted by Gasteiger charge is 2.44. The van der Waals surface area contributed by atoms with E-state index in [1.54, 1.807) is 0 Å². The number of carbonyl (C=O) groups is 1. The van der Waals surface area contributed by atoms with Gasteiger partial charge in [-0.2, -0.15) is 4.98 Å². The molecule has 6 heteroatoms. The fourth-order valence-electron chi connectivity index (χ4n) is 3.24. The normalized spacial score (nSPS) is 16.8. The summed E-state index contributed by atoms with van der Waals surface area (Å²) in [5.74, 6) is 0.692. The van der Waals surface area contributed by atoms with Crippen molar-refractivity contribution in [3.63, 3.8) is 0 Å². The van der Waals surface area contributed by atoms with E-state index in [9.17, 15) is 4.79 Å². The van der Waals surface area contributed by atoms with E-state index in [-0.39, 0.29) is 18.0 Å². The van der Waals surface area contributed by atoms with Gasteiger partial charge in [0, 0.05) is 10.4 Å². The highest BCUT2D eigenvalue weighted by Crippen LogP contribution is 2.42. The molecule has 1 aliphatic rings. The topological polar surface area (TPSA) is 65.2 Å². The highest BCUT2D eigenvalue weighted by atomic mass is 35.5. The van der Waals surface area contributed by atoms with Crippen LogP contribution in [0.2, 0.25) is 5.02 Å². The number of nitrogens with zero attached hydrogens (tertiary/aromatic N) is 2. The number of carbonyl (C=O) groups excluding carboxylic acids is 1. The fraction of sp³-hybridized carbons (Fsp3) is 0.526. The number of benzene rings is 1. The van der Waals surface area contributed by atoms with Crippen molar-refractivity contribution in [1.82, 2.24) is 10.1 Å². The average molecular weight is 363 g/mol. The van der Waals surface area contributed by atoms with Crippen LogP contribution < -0.4 is 0 Å². The second-order valence-electron chi connectivity index (χ2n) is 7.63. The van der Waals surface area contributed by atoms with Crippen LogP contribution >= 0.6 is 11.6 Å². The van der Waals surface area contributed by atoms with Gasteiger partial charge in [-0.1, -0.05) is 62.5 Å². The van der Waals surface area contributed by atoms with Crippen molar-refractivity contribution in [2.75, 3.05) is 0 Å². The predicted octanol–water partition coefficient (Wildman–Crippen LogP) is 4.58. The molecule has 0 amide bonds. The summed E-state index contributed by atoms with van der Waals surface area (Å²) in [7, 11) is 0. The van der Waals surface area contributed by atoms with Crippen molar-refractivity contribution in [3.05, 3.63) is 46.6 Å². The Balaban J connectivity index is 1.74. The van der Waals surface area contributed by atoms with Gasteiger partial charge in [-0.3, -0.25) is 4.79 Å². The molecule has 0 aliphatic heterocycles. The maximum Gasteiger partial charge on any atom is 0.317 e. The summed E-state index contributed by atoms with van der Waals surface area (Å²) in [6.07, 6.45) is 3.58. The van der Waals surface area contributed by atoms with Crippen LogP contribution in [0.15, 0.2) is 28.8 Å². The summed E-state index contributed by atoms with van der Waals surface area (Å²) in [5.41, 5.74) is 0.152. The number of aromatic nitrogens is 2. The van der Waals surface area contributed by atoms with Crippen molar-refractivity contribution in [3.8, 4) is 0 Å². The third kappa shape index (κ3) is 3.71. The number of rotatable bonds is 4. The molecule has 1 saturated carbocycles. The number of halogens is 1. The first kappa shape index (κ1) is 17.9. The summed E-state index contributed by atoms with van der Waals surface area (Å²) >= 11 is 5.98.